The van der Waals surface area contributed by atoms with E-state index in [-0.39, 0.29) is 6.10 Å². The third-order valence-corrected chi connectivity index (χ3v) is 3.12. The van der Waals surface area contributed by atoms with Gasteiger partial charge in [0.25, 0.3) is 0 Å². The van der Waals surface area contributed by atoms with Crippen LogP contribution in [-0.4, -0.2) is 26.8 Å². The largest absolute Gasteiger partial charge is 0.497 e. The molecule has 96 valence electrons. The Morgan fingerprint density at radius 3 is 2.76 bits per heavy atom. The van der Waals surface area contributed by atoms with E-state index in [0.29, 0.717) is 0 Å². The van der Waals surface area contributed by atoms with E-state index in [2.05, 4.69) is 28.2 Å². The van der Waals surface area contributed by atoms with E-state index < -0.39 is 0 Å². The molecule has 0 saturated carbocycles. The van der Waals surface area contributed by atoms with Gasteiger partial charge in [0.2, 0.25) is 0 Å². The lowest BCUT2D eigenvalue weighted by Crippen LogP contribution is -2.15. The Morgan fingerprint density at radius 2 is 2.18 bits per heavy atom. The number of hydrogen-bond acceptors (Lipinski definition) is 3. The zero-order chi connectivity index (χ0) is 12.7. The van der Waals surface area contributed by atoms with Crippen molar-refractivity contribution < 1.29 is 9.47 Å². The molecule has 17 heavy (non-hydrogen) atoms. The van der Waals surface area contributed by atoms with E-state index in [1.54, 1.807) is 7.11 Å². The summed E-state index contributed by atoms with van der Waals surface area (Å²) < 4.78 is 11.9. The average molecular weight is 302 g/mol. The van der Waals surface area contributed by atoms with E-state index in [4.69, 9.17) is 9.47 Å². The Hall–Kier alpha value is -0.740. The van der Waals surface area contributed by atoms with Crippen LogP contribution in [0.3, 0.4) is 0 Å². The van der Waals surface area contributed by atoms with Crippen LogP contribution in [0, 0.1) is 0 Å². The quantitative estimate of drug-likeness (QED) is 0.785. The molecule has 0 radical (unpaired) electrons. The SMILES string of the molecule is CNCCCC(C)Oc1ccc(OC)cc1Br. The molecule has 0 amide bonds. The predicted octanol–water partition coefficient (Wildman–Crippen LogP) is 3.22. The van der Waals surface area contributed by atoms with Crippen molar-refractivity contribution in [2.75, 3.05) is 20.7 Å². The van der Waals surface area contributed by atoms with Crippen LogP contribution < -0.4 is 14.8 Å². The van der Waals surface area contributed by atoms with E-state index in [9.17, 15) is 0 Å². The first-order valence-corrected chi connectivity index (χ1v) is 6.61. The first-order valence-electron chi connectivity index (χ1n) is 5.82. The van der Waals surface area contributed by atoms with E-state index in [1.165, 1.54) is 0 Å². The van der Waals surface area contributed by atoms with Crippen molar-refractivity contribution in [3.8, 4) is 11.5 Å². The molecule has 0 bridgehead atoms. The van der Waals surface area contributed by atoms with Gasteiger partial charge in [0, 0.05) is 0 Å². The van der Waals surface area contributed by atoms with Crippen molar-refractivity contribution in [1.82, 2.24) is 5.32 Å². The van der Waals surface area contributed by atoms with Crippen molar-refractivity contribution in [2.24, 2.45) is 0 Å². The van der Waals surface area contributed by atoms with Gasteiger partial charge >= 0.3 is 0 Å². The normalized spacial score (nSPS) is 12.2. The summed E-state index contributed by atoms with van der Waals surface area (Å²) in [7, 11) is 3.62. The molecule has 4 heteroatoms. The van der Waals surface area contributed by atoms with Gasteiger partial charge in [0.05, 0.1) is 17.7 Å². The fourth-order valence-electron chi connectivity index (χ4n) is 1.55. The minimum Gasteiger partial charge on any atom is -0.497 e. The van der Waals surface area contributed by atoms with Crippen molar-refractivity contribution >= 4 is 15.9 Å². The highest BCUT2D eigenvalue weighted by atomic mass is 79.9. The van der Waals surface area contributed by atoms with Crippen molar-refractivity contribution in [1.29, 1.82) is 0 Å². The number of halogens is 1. The lowest BCUT2D eigenvalue weighted by atomic mass is 10.2. The zero-order valence-electron chi connectivity index (χ0n) is 10.6. The lowest BCUT2D eigenvalue weighted by Gasteiger charge is -2.16. The summed E-state index contributed by atoms with van der Waals surface area (Å²) in [5.74, 6) is 1.69. The summed E-state index contributed by atoms with van der Waals surface area (Å²) in [4.78, 5) is 0. The number of nitrogens with one attached hydrogen (secondary N) is 1. The Bertz CT molecular complexity index is 344. The van der Waals surface area contributed by atoms with Gasteiger partial charge in [-0.3, -0.25) is 0 Å². The second-order valence-corrected chi connectivity index (χ2v) is 4.82. The second-order valence-electron chi connectivity index (χ2n) is 3.97. The van der Waals surface area contributed by atoms with Crippen LogP contribution in [0.25, 0.3) is 0 Å². The summed E-state index contributed by atoms with van der Waals surface area (Å²) in [5.41, 5.74) is 0. The minimum absolute atomic E-state index is 0.216. The molecule has 1 N–H and O–H groups in total. The molecule has 1 aromatic rings. The maximum Gasteiger partial charge on any atom is 0.134 e. The molecule has 0 aliphatic rings. The van der Waals surface area contributed by atoms with Crippen LogP contribution in [0.4, 0.5) is 0 Å². The van der Waals surface area contributed by atoms with Crippen molar-refractivity contribution in [3.05, 3.63) is 22.7 Å². The summed E-state index contributed by atoms with van der Waals surface area (Å²) in [5, 5.41) is 3.13. The maximum absolute atomic E-state index is 5.86. The van der Waals surface area contributed by atoms with Gasteiger partial charge in [-0.25, -0.2) is 0 Å². The molecule has 0 aliphatic carbocycles. The van der Waals surface area contributed by atoms with Crippen LogP contribution >= 0.6 is 15.9 Å². The molecule has 3 nitrogen and oxygen atoms in total. The fourth-order valence-corrected chi connectivity index (χ4v) is 2.00. The molecule has 0 fully saturated rings. The molecule has 0 spiro atoms. The lowest BCUT2D eigenvalue weighted by molar-refractivity contribution is 0.206. The van der Waals surface area contributed by atoms with Gasteiger partial charge in [0.1, 0.15) is 11.5 Å². The smallest absolute Gasteiger partial charge is 0.134 e. The molecule has 1 rings (SSSR count). The van der Waals surface area contributed by atoms with Gasteiger partial charge in [-0.2, -0.15) is 0 Å². The number of hydrogen-bond donors (Lipinski definition) is 1. The fraction of sp³-hybridized carbons (Fsp3) is 0.538. The summed E-state index contributed by atoms with van der Waals surface area (Å²) in [6, 6.07) is 5.74. The van der Waals surface area contributed by atoms with Crippen LogP contribution in [0.15, 0.2) is 22.7 Å². The topological polar surface area (TPSA) is 30.5 Å². The molecule has 0 aromatic heterocycles. The third kappa shape index (κ3) is 4.96. The highest BCUT2D eigenvalue weighted by Crippen LogP contribution is 2.30. The number of ether oxygens (including phenoxy) is 2. The van der Waals surface area contributed by atoms with Crippen LogP contribution in [-0.2, 0) is 0 Å². The number of rotatable bonds is 7. The minimum atomic E-state index is 0.216. The van der Waals surface area contributed by atoms with Gasteiger partial charge in [-0.15, -0.1) is 0 Å². The summed E-state index contributed by atoms with van der Waals surface area (Å²) >= 11 is 3.48. The monoisotopic (exact) mass is 301 g/mol. The average Bonchev–Trinajstić information content (AvgIpc) is 2.32. The van der Waals surface area contributed by atoms with Crippen LogP contribution in [0.1, 0.15) is 19.8 Å². The third-order valence-electron chi connectivity index (χ3n) is 2.50. The molecular formula is C13H20BrNO2. The van der Waals surface area contributed by atoms with Gasteiger partial charge in [0.15, 0.2) is 0 Å². The Morgan fingerprint density at radius 1 is 1.41 bits per heavy atom. The molecular weight excluding hydrogens is 282 g/mol. The predicted molar refractivity (Wildman–Crippen MR) is 73.9 cm³/mol. The molecule has 1 atom stereocenters. The number of benzene rings is 1. The highest BCUT2D eigenvalue weighted by molar-refractivity contribution is 9.10. The van der Waals surface area contributed by atoms with Crippen molar-refractivity contribution in [3.63, 3.8) is 0 Å². The molecule has 1 aromatic carbocycles. The Labute approximate surface area is 112 Å². The van der Waals surface area contributed by atoms with E-state index >= 15 is 0 Å². The van der Waals surface area contributed by atoms with Gasteiger partial charge in [-0.05, 0) is 67.5 Å². The van der Waals surface area contributed by atoms with Gasteiger partial charge < -0.3 is 14.8 Å². The van der Waals surface area contributed by atoms with Gasteiger partial charge in [-0.1, -0.05) is 0 Å². The van der Waals surface area contributed by atoms with Crippen LogP contribution in [0.2, 0.25) is 0 Å². The first-order chi connectivity index (χ1) is 8.17. The maximum atomic E-state index is 5.86. The van der Waals surface area contributed by atoms with Crippen LogP contribution in [0.5, 0.6) is 11.5 Å². The molecule has 0 heterocycles. The first kappa shape index (κ1) is 14.3. The summed E-state index contributed by atoms with van der Waals surface area (Å²) in [6.45, 7) is 3.11. The van der Waals surface area contributed by atoms with E-state index in [1.807, 2.05) is 25.2 Å². The number of methoxy groups -OCH3 is 1. The zero-order valence-corrected chi connectivity index (χ0v) is 12.2. The molecule has 0 saturated heterocycles. The molecule has 1 unspecified atom stereocenters. The van der Waals surface area contributed by atoms with E-state index in [0.717, 1.165) is 35.4 Å². The molecule has 0 aliphatic heterocycles. The summed E-state index contributed by atoms with van der Waals surface area (Å²) in [6.07, 6.45) is 2.37. The highest BCUT2D eigenvalue weighted by Gasteiger charge is 2.07. The van der Waals surface area contributed by atoms with Crippen molar-refractivity contribution in [2.45, 2.75) is 25.9 Å². The standard InChI is InChI=1S/C13H20BrNO2/c1-10(5-4-8-15-2)17-13-7-6-11(16-3)9-12(13)14/h6-7,9-10,15H,4-5,8H2,1-3H3. The Balaban J connectivity index is 2.50. The second kappa shape index (κ2) is 7.56. The Kier molecular flexibility index (Phi) is 6.37.